The molecule has 2 saturated heterocycles. The van der Waals surface area contributed by atoms with Crippen molar-refractivity contribution in [2.45, 2.75) is 50.3 Å². The highest BCUT2D eigenvalue weighted by molar-refractivity contribution is 5.76. The van der Waals surface area contributed by atoms with Gasteiger partial charge >= 0.3 is 12.1 Å². The number of benzene rings is 2. The maximum atomic E-state index is 14.1. The van der Waals surface area contributed by atoms with Crippen LogP contribution >= 0.6 is 0 Å². The molecule has 3 heterocycles. The third kappa shape index (κ3) is 5.15. The molecule has 2 N–H and O–H groups in total. The lowest BCUT2D eigenvalue weighted by Crippen LogP contribution is -2.64. The molecule has 0 bridgehead atoms. The first-order valence-corrected chi connectivity index (χ1v) is 14.7. The summed E-state index contributed by atoms with van der Waals surface area (Å²) in [6.07, 6.45) is 4.32. The number of aromatic nitrogens is 2. The second kappa shape index (κ2) is 11.2. The van der Waals surface area contributed by atoms with Gasteiger partial charge in [0.25, 0.3) is 5.56 Å². The largest absolute Gasteiger partial charge is 0.465 e. The van der Waals surface area contributed by atoms with E-state index in [4.69, 9.17) is 0 Å². The van der Waals surface area contributed by atoms with Crippen LogP contribution in [-0.4, -0.2) is 84.9 Å². The van der Waals surface area contributed by atoms with Crippen molar-refractivity contribution in [1.82, 2.24) is 24.3 Å². The molecule has 1 spiro atoms. The summed E-state index contributed by atoms with van der Waals surface area (Å²) in [7, 11) is 0. The fraction of sp³-hybridized carbons (Fsp3) is 0.438. The van der Waals surface area contributed by atoms with Crippen LogP contribution in [-0.2, 0) is 6.54 Å². The molecule has 0 radical (unpaired) electrons. The van der Waals surface area contributed by atoms with Crippen LogP contribution in [0.1, 0.15) is 43.7 Å². The molecule has 6 rings (SSSR count). The van der Waals surface area contributed by atoms with Gasteiger partial charge in [0.05, 0.1) is 30.2 Å². The number of piperazine rings is 1. The van der Waals surface area contributed by atoms with Crippen LogP contribution in [0.4, 0.5) is 9.59 Å². The van der Waals surface area contributed by atoms with Crippen LogP contribution in [0.3, 0.4) is 0 Å². The molecule has 3 amide bonds. The molecular weight excluding hydrogens is 534 g/mol. The van der Waals surface area contributed by atoms with Crippen molar-refractivity contribution in [1.29, 1.82) is 0 Å². The van der Waals surface area contributed by atoms with E-state index in [0.717, 1.165) is 36.8 Å². The number of carbonyl (C=O) groups is 2. The average Bonchev–Trinajstić information content (AvgIpc) is 3.50. The van der Waals surface area contributed by atoms with Gasteiger partial charge in [-0.15, -0.1) is 0 Å². The van der Waals surface area contributed by atoms with Gasteiger partial charge in [0, 0.05) is 49.8 Å². The van der Waals surface area contributed by atoms with E-state index in [-0.39, 0.29) is 31.2 Å². The third-order valence-electron chi connectivity index (χ3n) is 9.57. The van der Waals surface area contributed by atoms with E-state index in [0.29, 0.717) is 31.7 Å². The van der Waals surface area contributed by atoms with E-state index in [1.807, 2.05) is 65.6 Å². The topological polar surface area (TPSA) is 119 Å². The Bertz CT molecular complexity index is 1490. The number of urea groups is 1. The van der Waals surface area contributed by atoms with E-state index >= 15 is 0 Å². The number of amides is 3. The summed E-state index contributed by atoms with van der Waals surface area (Å²) in [4.78, 5) is 48.5. The quantitative estimate of drug-likeness (QED) is 0.488. The highest BCUT2D eigenvalue weighted by atomic mass is 16.4. The Kier molecular flexibility index (Phi) is 7.49. The summed E-state index contributed by atoms with van der Waals surface area (Å²) in [6.45, 7) is 1.63. The van der Waals surface area contributed by atoms with E-state index in [2.05, 4.69) is 4.98 Å². The van der Waals surface area contributed by atoms with Crippen LogP contribution in [0.5, 0.6) is 0 Å². The van der Waals surface area contributed by atoms with Crippen molar-refractivity contribution in [2.75, 3.05) is 32.7 Å². The summed E-state index contributed by atoms with van der Waals surface area (Å²) in [6, 6.07) is 20.1. The third-order valence-corrected chi connectivity index (χ3v) is 9.57. The second-order valence-electron chi connectivity index (χ2n) is 11.9. The first-order valence-electron chi connectivity index (χ1n) is 14.7. The Labute approximate surface area is 244 Å². The van der Waals surface area contributed by atoms with Crippen molar-refractivity contribution in [3.05, 3.63) is 89.0 Å². The minimum absolute atomic E-state index is 0.125. The van der Waals surface area contributed by atoms with Crippen molar-refractivity contribution in [3.63, 3.8) is 0 Å². The fourth-order valence-corrected chi connectivity index (χ4v) is 7.18. The molecule has 220 valence electrons. The molecule has 1 aromatic heterocycles. The Morgan fingerprint density at radius 2 is 1.60 bits per heavy atom. The molecule has 2 unspecified atom stereocenters. The smallest absolute Gasteiger partial charge is 0.407 e. The van der Waals surface area contributed by atoms with Crippen LogP contribution in [0.2, 0.25) is 0 Å². The molecular formula is C32H37N5O5. The number of carboxylic acid groups (broad SMARTS) is 1. The number of rotatable bonds is 4. The SMILES string of the molecule is O=C(O)N1CCN(C(=O)N2CCC(O)(Cn3cnc(-c4ccccc4)cc3=O)C3(CCCC3)C2)C(c2ccccc2)C1. The van der Waals surface area contributed by atoms with E-state index in [1.54, 1.807) is 4.90 Å². The molecule has 3 aromatic rings. The summed E-state index contributed by atoms with van der Waals surface area (Å²) in [5.41, 5.74) is 0.427. The number of carbonyl (C=O) groups excluding carboxylic acids is 1. The minimum atomic E-state index is -1.17. The summed E-state index contributed by atoms with van der Waals surface area (Å²) < 4.78 is 1.50. The van der Waals surface area contributed by atoms with Gasteiger partial charge in [0.1, 0.15) is 0 Å². The average molecular weight is 572 g/mol. The van der Waals surface area contributed by atoms with Gasteiger partial charge < -0.3 is 24.9 Å². The van der Waals surface area contributed by atoms with Gasteiger partial charge in [0.15, 0.2) is 0 Å². The van der Waals surface area contributed by atoms with E-state index in [9.17, 15) is 24.6 Å². The van der Waals surface area contributed by atoms with E-state index < -0.39 is 23.2 Å². The molecule has 1 aliphatic carbocycles. The highest BCUT2D eigenvalue weighted by Crippen LogP contribution is 2.52. The van der Waals surface area contributed by atoms with Crippen LogP contribution in [0, 0.1) is 5.41 Å². The van der Waals surface area contributed by atoms with Crippen LogP contribution in [0.25, 0.3) is 11.3 Å². The summed E-state index contributed by atoms with van der Waals surface area (Å²) in [5.74, 6) is 0. The molecule has 2 aliphatic heterocycles. The molecule has 2 atom stereocenters. The maximum Gasteiger partial charge on any atom is 0.407 e. The van der Waals surface area contributed by atoms with Crippen molar-refractivity contribution >= 4 is 12.1 Å². The molecule has 10 heteroatoms. The van der Waals surface area contributed by atoms with Gasteiger partial charge in [-0.05, 0) is 24.8 Å². The number of aliphatic hydroxyl groups is 1. The zero-order chi connectivity index (χ0) is 29.3. The number of nitrogens with zero attached hydrogens (tertiary/aromatic N) is 5. The minimum Gasteiger partial charge on any atom is -0.465 e. The van der Waals surface area contributed by atoms with Gasteiger partial charge in [-0.3, -0.25) is 9.36 Å². The maximum absolute atomic E-state index is 14.1. The normalized spacial score (nSPS) is 23.7. The van der Waals surface area contributed by atoms with Crippen LogP contribution < -0.4 is 5.56 Å². The number of hydrogen-bond donors (Lipinski definition) is 2. The molecule has 10 nitrogen and oxygen atoms in total. The predicted octanol–water partition coefficient (Wildman–Crippen LogP) is 4.06. The molecule has 1 saturated carbocycles. The zero-order valence-electron chi connectivity index (χ0n) is 23.6. The van der Waals surface area contributed by atoms with Gasteiger partial charge in [-0.25, -0.2) is 14.6 Å². The second-order valence-corrected chi connectivity index (χ2v) is 11.9. The van der Waals surface area contributed by atoms with Crippen LogP contribution in [0.15, 0.2) is 77.9 Å². The first kappa shape index (κ1) is 28.0. The lowest BCUT2D eigenvalue weighted by atomic mass is 9.66. The molecule has 2 aromatic carbocycles. The van der Waals surface area contributed by atoms with Crippen molar-refractivity contribution < 1.29 is 19.8 Å². The van der Waals surface area contributed by atoms with E-state index in [1.165, 1.54) is 21.9 Å². The Morgan fingerprint density at radius 3 is 2.26 bits per heavy atom. The monoisotopic (exact) mass is 571 g/mol. The lowest BCUT2D eigenvalue weighted by Gasteiger charge is -2.53. The van der Waals surface area contributed by atoms with Gasteiger partial charge in [-0.2, -0.15) is 0 Å². The Morgan fingerprint density at radius 1 is 0.905 bits per heavy atom. The predicted molar refractivity (Wildman–Crippen MR) is 157 cm³/mol. The summed E-state index contributed by atoms with van der Waals surface area (Å²) >= 11 is 0. The van der Waals surface area contributed by atoms with Crippen molar-refractivity contribution in [3.8, 4) is 11.3 Å². The molecule has 3 aliphatic rings. The summed E-state index contributed by atoms with van der Waals surface area (Å²) in [5, 5.41) is 21.9. The number of likely N-dealkylation sites (tertiary alicyclic amines) is 1. The Hall–Kier alpha value is -4.18. The van der Waals surface area contributed by atoms with Crippen molar-refractivity contribution in [2.24, 2.45) is 5.41 Å². The Balaban J connectivity index is 1.23. The highest BCUT2D eigenvalue weighted by Gasteiger charge is 2.56. The standard InChI is InChI=1S/C32H37N5O5/c38-28-19-26(24-9-3-1-4-10-24)33-23-36(28)22-32(42)15-16-35(21-31(32)13-7-8-14-31)29(39)37-18-17-34(30(40)41)20-27(37)25-11-5-2-6-12-25/h1-6,9-12,19,23,27,42H,7-8,13-18,20-22H2,(H,40,41). The number of piperidine rings is 1. The first-order chi connectivity index (χ1) is 20.3. The zero-order valence-corrected chi connectivity index (χ0v) is 23.6. The molecule has 3 fully saturated rings. The molecule has 42 heavy (non-hydrogen) atoms. The van der Waals surface area contributed by atoms with Gasteiger partial charge in [-0.1, -0.05) is 73.5 Å². The lowest BCUT2D eigenvalue weighted by molar-refractivity contribution is -0.137. The fourth-order valence-electron chi connectivity index (χ4n) is 7.18. The van der Waals surface area contributed by atoms with Gasteiger partial charge in [0.2, 0.25) is 0 Å². The number of hydrogen-bond acceptors (Lipinski definition) is 5.